The zero-order chi connectivity index (χ0) is 21.8. The second-order valence-electron chi connectivity index (χ2n) is 7.57. The summed E-state index contributed by atoms with van der Waals surface area (Å²) >= 11 is 0. The van der Waals surface area contributed by atoms with Crippen LogP contribution in [0.15, 0.2) is 72.8 Å². The molecule has 158 valence electrons. The van der Waals surface area contributed by atoms with E-state index in [-0.39, 0.29) is 18.6 Å². The number of ether oxygens (including phenoxy) is 1. The van der Waals surface area contributed by atoms with E-state index in [1.165, 1.54) is 5.56 Å². The van der Waals surface area contributed by atoms with Crippen LogP contribution in [0.2, 0.25) is 0 Å². The van der Waals surface area contributed by atoms with Crippen molar-refractivity contribution in [3.8, 4) is 0 Å². The van der Waals surface area contributed by atoms with E-state index in [0.717, 1.165) is 12.0 Å². The number of benzene rings is 3. The molecule has 7 heteroatoms. The lowest BCUT2D eigenvalue weighted by atomic mass is 10.1. The molecular weight excluding hydrogens is 392 g/mol. The van der Waals surface area contributed by atoms with Crippen LogP contribution in [0.4, 0.5) is 21.9 Å². The van der Waals surface area contributed by atoms with Crippen molar-refractivity contribution in [2.24, 2.45) is 5.73 Å². The van der Waals surface area contributed by atoms with Crippen LogP contribution in [0.1, 0.15) is 33.8 Å². The maximum Gasteiger partial charge on any atom is 0.411 e. The molecule has 1 aliphatic carbocycles. The quantitative estimate of drug-likeness (QED) is 0.451. The van der Waals surface area contributed by atoms with Gasteiger partial charge in [-0.15, -0.1) is 0 Å². The maximum atomic E-state index is 12.4. The first-order valence-corrected chi connectivity index (χ1v) is 10.0. The second kappa shape index (κ2) is 8.89. The molecule has 3 aromatic carbocycles. The molecule has 0 spiro atoms. The fourth-order valence-electron chi connectivity index (χ4n) is 3.27. The number of nitrogens with one attached hydrogen (secondary N) is 2. The van der Waals surface area contributed by atoms with Gasteiger partial charge in [0.15, 0.2) is 0 Å². The molecule has 31 heavy (non-hydrogen) atoms. The van der Waals surface area contributed by atoms with Crippen LogP contribution in [-0.4, -0.2) is 18.0 Å². The van der Waals surface area contributed by atoms with Gasteiger partial charge in [-0.3, -0.25) is 10.1 Å². The molecule has 2 atom stereocenters. The first kappa shape index (κ1) is 20.4. The standard InChI is InChI=1S/C24H24N4O3/c25-20-3-1-2-4-22(20)28-23(29)17-9-11-18(12-10-17)27-24(30)31-14-15-5-7-16(8-6-15)19-13-21(19)26/h1-12,19,21H,13-14,25-26H2,(H,27,30)(H,28,29). The summed E-state index contributed by atoms with van der Waals surface area (Å²) in [6.45, 7) is 0.168. The third-order valence-corrected chi connectivity index (χ3v) is 5.22. The molecule has 3 aromatic rings. The number of rotatable bonds is 6. The summed E-state index contributed by atoms with van der Waals surface area (Å²) in [5, 5.41) is 5.41. The highest BCUT2D eigenvalue weighted by Crippen LogP contribution is 2.38. The maximum absolute atomic E-state index is 12.4. The summed E-state index contributed by atoms with van der Waals surface area (Å²) in [7, 11) is 0. The van der Waals surface area contributed by atoms with E-state index in [9.17, 15) is 9.59 Å². The van der Waals surface area contributed by atoms with Crippen LogP contribution in [-0.2, 0) is 11.3 Å². The number of nitrogens with two attached hydrogens (primary N) is 2. The number of carbonyl (C=O) groups excluding carboxylic acids is 2. The molecule has 2 amide bonds. The predicted molar refractivity (Wildman–Crippen MR) is 121 cm³/mol. The van der Waals surface area contributed by atoms with Crippen LogP contribution >= 0.6 is 0 Å². The molecule has 1 fully saturated rings. The Bertz CT molecular complexity index is 1080. The average molecular weight is 416 g/mol. The molecule has 0 aliphatic heterocycles. The van der Waals surface area contributed by atoms with Crippen LogP contribution < -0.4 is 22.1 Å². The Morgan fingerprint density at radius 2 is 1.61 bits per heavy atom. The lowest BCUT2D eigenvalue weighted by Crippen LogP contribution is -2.15. The highest BCUT2D eigenvalue weighted by Gasteiger charge is 2.34. The van der Waals surface area contributed by atoms with Crippen LogP contribution in [0, 0.1) is 0 Å². The van der Waals surface area contributed by atoms with Gasteiger partial charge in [-0.1, -0.05) is 36.4 Å². The Hall–Kier alpha value is -3.84. The Morgan fingerprint density at radius 3 is 2.26 bits per heavy atom. The molecule has 7 nitrogen and oxygen atoms in total. The van der Waals surface area contributed by atoms with E-state index in [1.54, 1.807) is 48.5 Å². The molecule has 0 aromatic heterocycles. The van der Waals surface area contributed by atoms with Crippen molar-refractivity contribution in [1.29, 1.82) is 0 Å². The fourth-order valence-corrected chi connectivity index (χ4v) is 3.27. The molecule has 0 heterocycles. The summed E-state index contributed by atoms with van der Waals surface area (Å²) < 4.78 is 5.27. The summed E-state index contributed by atoms with van der Waals surface area (Å²) in [5.41, 5.74) is 15.8. The van der Waals surface area contributed by atoms with E-state index >= 15 is 0 Å². The van der Waals surface area contributed by atoms with Gasteiger partial charge in [-0.05, 0) is 53.9 Å². The molecule has 0 saturated heterocycles. The fraction of sp³-hybridized carbons (Fsp3) is 0.167. The molecular formula is C24H24N4O3. The summed E-state index contributed by atoms with van der Waals surface area (Å²) in [4.78, 5) is 24.4. The van der Waals surface area contributed by atoms with Crippen molar-refractivity contribution < 1.29 is 14.3 Å². The number of hydrogen-bond acceptors (Lipinski definition) is 5. The lowest BCUT2D eigenvalue weighted by molar-refractivity contribution is 0.102. The van der Waals surface area contributed by atoms with Crippen LogP contribution in [0.3, 0.4) is 0 Å². The average Bonchev–Trinajstić information content (AvgIpc) is 3.51. The van der Waals surface area contributed by atoms with Gasteiger partial charge in [0, 0.05) is 23.2 Å². The van der Waals surface area contributed by atoms with Crippen molar-refractivity contribution >= 4 is 29.1 Å². The first-order chi connectivity index (χ1) is 15.0. The predicted octanol–water partition coefficient (Wildman–Crippen LogP) is 4.08. The van der Waals surface area contributed by atoms with Gasteiger partial charge in [0.1, 0.15) is 6.61 Å². The Labute approximate surface area is 180 Å². The number of anilines is 3. The third-order valence-electron chi connectivity index (χ3n) is 5.22. The minimum absolute atomic E-state index is 0.168. The molecule has 4 rings (SSSR count). The number of carbonyl (C=O) groups is 2. The Morgan fingerprint density at radius 1 is 0.935 bits per heavy atom. The van der Waals surface area contributed by atoms with Gasteiger partial charge in [0.05, 0.1) is 11.4 Å². The lowest BCUT2D eigenvalue weighted by Gasteiger charge is -2.10. The molecule has 0 bridgehead atoms. The first-order valence-electron chi connectivity index (χ1n) is 10.0. The molecule has 0 radical (unpaired) electrons. The molecule has 6 N–H and O–H groups in total. The van der Waals surface area contributed by atoms with E-state index in [4.69, 9.17) is 16.2 Å². The van der Waals surface area contributed by atoms with E-state index in [2.05, 4.69) is 10.6 Å². The van der Waals surface area contributed by atoms with Crippen molar-refractivity contribution in [3.05, 3.63) is 89.5 Å². The third kappa shape index (κ3) is 5.21. The van der Waals surface area contributed by atoms with Crippen LogP contribution in [0.5, 0.6) is 0 Å². The van der Waals surface area contributed by atoms with Gasteiger partial charge in [0.2, 0.25) is 0 Å². The van der Waals surface area contributed by atoms with Crippen molar-refractivity contribution in [2.75, 3.05) is 16.4 Å². The summed E-state index contributed by atoms with van der Waals surface area (Å²) in [5.74, 6) is 0.163. The second-order valence-corrected chi connectivity index (χ2v) is 7.57. The highest BCUT2D eigenvalue weighted by molar-refractivity contribution is 6.06. The normalized spacial score (nSPS) is 16.9. The van der Waals surface area contributed by atoms with Gasteiger partial charge < -0.3 is 21.5 Å². The highest BCUT2D eigenvalue weighted by atomic mass is 16.5. The molecule has 1 saturated carbocycles. The van der Waals surface area contributed by atoms with E-state index in [0.29, 0.717) is 28.5 Å². The van der Waals surface area contributed by atoms with Gasteiger partial charge in [-0.25, -0.2) is 4.79 Å². The van der Waals surface area contributed by atoms with Gasteiger partial charge >= 0.3 is 6.09 Å². The zero-order valence-electron chi connectivity index (χ0n) is 16.9. The number of nitrogen functional groups attached to an aromatic ring is 1. The van der Waals surface area contributed by atoms with Gasteiger partial charge in [-0.2, -0.15) is 0 Å². The Balaban J connectivity index is 1.27. The van der Waals surface area contributed by atoms with E-state index in [1.807, 2.05) is 24.3 Å². The minimum Gasteiger partial charge on any atom is -0.444 e. The number of amides is 2. The minimum atomic E-state index is -0.567. The monoisotopic (exact) mass is 416 g/mol. The van der Waals surface area contributed by atoms with E-state index < -0.39 is 6.09 Å². The van der Waals surface area contributed by atoms with Gasteiger partial charge in [0.25, 0.3) is 5.91 Å². The van der Waals surface area contributed by atoms with Crippen LogP contribution in [0.25, 0.3) is 0 Å². The van der Waals surface area contributed by atoms with Crippen molar-refractivity contribution in [3.63, 3.8) is 0 Å². The van der Waals surface area contributed by atoms with Crippen molar-refractivity contribution in [1.82, 2.24) is 0 Å². The largest absolute Gasteiger partial charge is 0.444 e. The zero-order valence-corrected chi connectivity index (χ0v) is 16.9. The SMILES string of the molecule is Nc1ccccc1NC(=O)c1ccc(NC(=O)OCc2ccc(C3CC3N)cc2)cc1. The Kier molecular flexibility index (Phi) is 5.86. The summed E-state index contributed by atoms with van der Waals surface area (Å²) in [6, 6.07) is 21.8. The molecule has 1 aliphatic rings. The summed E-state index contributed by atoms with van der Waals surface area (Å²) in [6.07, 6.45) is 0.460. The smallest absolute Gasteiger partial charge is 0.411 e. The van der Waals surface area contributed by atoms with Crippen molar-refractivity contribution in [2.45, 2.75) is 25.0 Å². The number of para-hydroxylation sites is 2. The number of hydrogen-bond donors (Lipinski definition) is 4. The topological polar surface area (TPSA) is 119 Å². The molecule has 2 unspecified atom stereocenters.